The summed E-state index contributed by atoms with van der Waals surface area (Å²) in [6, 6.07) is 15.1. The molecule has 0 bridgehead atoms. The molecule has 142 valence electrons. The molecule has 3 aromatic rings. The molecule has 2 aliphatic heterocycles. The fourth-order valence-electron chi connectivity index (χ4n) is 4.28. The quantitative estimate of drug-likeness (QED) is 0.614. The first-order valence-corrected chi connectivity index (χ1v) is 9.85. The lowest BCUT2D eigenvalue weighted by atomic mass is 9.72. The van der Waals surface area contributed by atoms with Crippen LogP contribution in [-0.4, -0.2) is 28.1 Å². The molecule has 2 aromatic carbocycles. The van der Waals surface area contributed by atoms with Crippen LogP contribution >= 0.6 is 15.9 Å². The van der Waals surface area contributed by atoms with Crippen molar-refractivity contribution in [2.45, 2.75) is 11.8 Å². The summed E-state index contributed by atoms with van der Waals surface area (Å²) in [5, 5.41) is 7.41. The Hall–Kier alpha value is -3.37. The minimum absolute atomic E-state index is 0.0168. The summed E-state index contributed by atoms with van der Waals surface area (Å²) in [7, 11) is 0. The van der Waals surface area contributed by atoms with E-state index in [1.54, 1.807) is 15.8 Å². The van der Waals surface area contributed by atoms with Crippen molar-refractivity contribution in [3.8, 4) is 18.0 Å². The molecule has 0 radical (unpaired) electrons. The van der Waals surface area contributed by atoms with Crippen molar-refractivity contribution in [1.82, 2.24) is 9.78 Å². The average molecular weight is 447 g/mol. The number of fused-ring (bicyclic) bond motifs is 4. The van der Waals surface area contributed by atoms with E-state index < -0.39 is 5.41 Å². The van der Waals surface area contributed by atoms with Gasteiger partial charge in [-0.2, -0.15) is 5.10 Å². The maximum atomic E-state index is 13.6. The van der Waals surface area contributed by atoms with Crippen molar-refractivity contribution in [3.63, 3.8) is 0 Å². The normalized spacial score (nSPS) is 19.7. The third-order valence-corrected chi connectivity index (χ3v) is 6.03. The third kappa shape index (κ3) is 2.39. The molecule has 0 unspecified atom stereocenters. The molecular weight excluding hydrogens is 432 g/mol. The summed E-state index contributed by atoms with van der Waals surface area (Å²) in [4.78, 5) is 28.0. The van der Waals surface area contributed by atoms with Gasteiger partial charge in [-0.1, -0.05) is 40.0 Å². The highest BCUT2D eigenvalue weighted by Gasteiger charge is 2.56. The van der Waals surface area contributed by atoms with Gasteiger partial charge in [-0.25, -0.2) is 4.68 Å². The Labute approximate surface area is 175 Å². The molecule has 1 N–H and O–H groups in total. The Kier molecular flexibility index (Phi) is 3.86. The maximum Gasteiger partial charge on any atom is 0.243 e. The van der Waals surface area contributed by atoms with Crippen LogP contribution in [0.15, 0.2) is 59.2 Å². The van der Waals surface area contributed by atoms with Gasteiger partial charge in [-0.3, -0.25) is 14.5 Å². The topological polar surface area (TPSA) is 67.2 Å². The lowest BCUT2D eigenvalue weighted by Crippen LogP contribution is -2.46. The van der Waals surface area contributed by atoms with Crippen molar-refractivity contribution in [2.75, 3.05) is 16.8 Å². The molecule has 5 rings (SSSR count). The lowest BCUT2D eigenvalue weighted by Gasteiger charge is -2.32. The monoisotopic (exact) mass is 446 g/mol. The van der Waals surface area contributed by atoms with Crippen LogP contribution in [0.5, 0.6) is 0 Å². The van der Waals surface area contributed by atoms with Crippen LogP contribution in [0.25, 0.3) is 5.69 Å². The maximum absolute atomic E-state index is 13.6. The standard InChI is InChI=1S/C22H15BrN4O2/c1-2-11-26-18-6-4-3-5-16(18)22(21(26)29)12-19(28)25-20-17(22)13-24-27(20)15-9-7-14(23)8-10-15/h1,3-10,13H,11-12H2,(H,25,28)/t22-/m1/s1. The highest BCUT2D eigenvalue weighted by molar-refractivity contribution is 9.10. The number of halogens is 1. The first kappa shape index (κ1) is 17.7. The molecule has 7 heteroatoms. The Bertz CT molecular complexity index is 1210. The van der Waals surface area contributed by atoms with Crippen molar-refractivity contribution in [2.24, 2.45) is 0 Å². The van der Waals surface area contributed by atoms with Gasteiger partial charge in [0.2, 0.25) is 11.8 Å². The first-order chi connectivity index (χ1) is 14.1. The van der Waals surface area contributed by atoms with Gasteiger partial charge in [0.05, 0.1) is 18.4 Å². The van der Waals surface area contributed by atoms with Crippen LogP contribution in [-0.2, 0) is 15.0 Å². The van der Waals surface area contributed by atoms with Crippen molar-refractivity contribution in [1.29, 1.82) is 0 Å². The smallest absolute Gasteiger partial charge is 0.243 e. The average Bonchev–Trinajstić information content (AvgIpc) is 3.24. The van der Waals surface area contributed by atoms with Gasteiger partial charge in [-0.05, 0) is 35.9 Å². The van der Waals surface area contributed by atoms with E-state index >= 15 is 0 Å². The highest BCUT2D eigenvalue weighted by atomic mass is 79.9. The van der Waals surface area contributed by atoms with Gasteiger partial charge in [0.15, 0.2) is 0 Å². The molecule has 1 aromatic heterocycles. The van der Waals surface area contributed by atoms with Crippen LogP contribution in [0.2, 0.25) is 0 Å². The number of aromatic nitrogens is 2. The van der Waals surface area contributed by atoms with E-state index in [0.29, 0.717) is 11.4 Å². The minimum Gasteiger partial charge on any atom is -0.310 e. The van der Waals surface area contributed by atoms with E-state index in [-0.39, 0.29) is 24.8 Å². The predicted octanol–water partition coefficient (Wildman–Crippen LogP) is 3.24. The number of hydrogen-bond donors (Lipinski definition) is 1. The molecular formula is C22H15BrN4O2. The van der Waals surface area contributed by atoms with Crippen LogP contribution in [0.3, 0.4) is 0 Å². The van der Waals surface area contributed by atoms with Gasteiger partial charge in [0.25, 0.3) is 0 Å². The fraction of sp³-hybridized carbons (Fsp3) is 0.136. The number of nitrogens with zero attached hydrogens (tertiary/aromatic N) is 3. The zero-order valence-electron chi connectivity index (χ0n) is 15.2. The number of terminal acetylenes is 1. The number of hydrogen-bond acceptors (Lipinski definition) is 3. The number of anilines is 2. The molecule has 0 saturated carbocycles. The number of carbonyl (C=O) groups is 2. The van der Waals surface area contributed by atoms with Gasteiger partial charge in [0, 0.05) is 22.1 Å². The Morgan fingerprint density at radius 2 is 1.90 bits per heavy atom. The number of carbonyl (C=O) groups excluding carboxylic acids is 2. The predicted molar refractivity (Wildman–Crippen MR) is 113 cm³/mol. The fourth-order valence-corrected chi connectivity index (χ4v) is 4.54. The SMILES string of the molecule is C#CCN1C(=O)[C@]2(CC(=O)Nc3c2cnn3-c2ccc(Br)cc2)c2ccccc21. The third-order valence-electron chi connectivity index (χ3n) is 5.50. The van der Waals surface area contributed by atoms with E-state index in [1.807, 2.05) is 48.5 Å². The molecule has 29 heavy (non-hydrogen) atoms. The molecule has 0 saturated heterocycles. The number of benzene rings is 2. The number of para-hydroxylation sites is 1. The second-order valence-corrected chi connectivity index (χ2v) is 7.95. The zero-order chi connectivity index (χ0) is 20.2. The summed E-state index contributed by atoms with van der Waals surface area (Å²) in [5.41, 5.74) is 1.86. The van der Waals surface area contributed by atoms with Gasteiger partial charge < -0.3 is 5.32 Å². The molecule has 0 fully saturated rings. The number of rotatable bonds is 2. The molecule has 2 aliphatic rings. The van der Waals surface area contributed by atoms with Gasteiger partial charge in [-0.15, -0.1) is 6.42 Å². The summed E-state index contributed by atoms with van der Waals surface area (Å²) in [6.45, 7) is 0.148. The van der Waals surface area contributed by atoms with Crippen molar-refractivity contribution in [3.05, 3.63) is 70.3 Å². The minimum atomic E-state index is -1.13. The highest BCUT2D eigenvalue weighted by Crippen LogP contribution is 2.52. The Morgan fingerprint density at radius 1 is 1.14 bits per heavy atom. The second-order valence-electron chi connectivity index (χ2n) is 7.04. The van der Waals surface area contributed by atoms with Crippen LogP contribution in [0.1, 0.15) is 17.5 Å². The van der Waals surface area contributed by atoms with E-state index in [0.717, 1.165) is 21.4 Å². The molecule has 0 aliphatic carbocycles. The Balaban J connectivity index is 1.75. The van der Waals surface area contributed by atoms with E-state index in [9.17, 15) is 9.59 Å². The summed E-state index contributed by atoms with van der Waals surface area (Å²) < 4.78 is 2.59. The largest absolute Gasteiger partial charge is 0.310 e. The first-order valence-electron chi connectivity index (χ1n) is 9.05. The Morgan fingerprint density at radius 3 is 2.66 bits per heavy atom. The summed E-state index contributed by atoms with van der Waals surface area (Å²) in [5.74, 6) is 2.64. The zero-order valence-corrected chi connectivity index (χ0v) is 16.8. The van der Waals surface area contributed by atoms with E-state index in [1.165, 1.54) is 0 Å². The molecule has 3 heterocycles. The van der Waals surface area contributed by atoms with Crippen LogP contribution in [0.4, 0.5) is 11.5 Å². The molecule has 1 atom stereocenters. The number of amides is 2. The molecule has 2 amide bonds. The number of nitrogens with one attached hydrogen (secondary N) is 1. The lowest BCUT2D eigenvalue weighted by molar-refractivity contribution is -0.126. The van der Waals surface area contributed by atoms with Gasteiger partial charge in [0.1, 0.15) is 11.2 Å². The summed E-state index contributed by atoms with van der Waals surface area (Å²) in [6.07, 6.45) is 7.20. The summed E-state index contributed by atoms with van der Waals surface area (Å²) >= 11 is 3.42. The van der Waals surface area contributed by atoms with E-state index in [2.05, 4.69) is 32.3 Å². The van der Waals surface area contributed by atoms with Crippen molar-refractivity contribution >= 4 is 39.2 Å². The van der Waals surface area contributed by atoms with Crippen LogP contribution in [0, 0.1) is 12.3 Å². The van der Waals surface area contributed by atoms with Crippen molar-refractivity contribution < 1.29 is 9.59 Å². The molecule has 6 nitrogen and oxygen atoms in total. The second kappa shape index (κ2) is 6.33. The van der Waals surface area contributed by atoms with Gasteiger partial charge >= 0.3 is 0 Å². The van der Waals surface area contributed by atoms with Crippen LogP contribution < -0.4 is 10.2 Å². The molecule has 1 spiro atoms. The van der Waals surface area contributed by atoms with E-state index in [4.69, 9.17) is 6.42 Å².